The first-order valence-corrected chi connectivity index (χ1v) is 10.8. The van der Waals surface area contributed by atoms with Gasteiger partial charge < -0.3 is 14.8 Å². The second-order valence-corrected chi connectivity index (χ2v) is 7.83. The second kappa shape index (κ2) is 9.63. The summed E-state index contributed by atoms with van der Waals surface area (Å²) in [7, 11) is 3.09. The highest BCUT2D eigenvalue weighted by Crippen LogP contribution is 2.38. The smallest absolute Gasteiger partial charge is 0.189 e. The van der Waals surface area contributed by atoms with E-state index in [0.29, 0.717) is 54.5 Å². The standard InChI is InChI=1S/C20H15Cl3N4O2S/c1-28-16-5-4-10(6-17(16)29-2)18-11(9-24)19(27-20(26-18)30-3)25-15-8-13(22)12(21)7-14(15)23/h4-8H,1-3H3,(H,25,26,27). The number of nitrogens with zero attached hydrogens (tertiary/aromatic N) is 3. The minimum Gasteiger partial charge on any atom is -0.493 e. The van der Waals surface area contributed by atoms with Crippen molar-refractivity contribution in [2.24, 2.45) is 0 Å². The van der Waals surface area contributed by atoms with Crippen LogP contribution in [0.2, 0.25) is 15.1 Å². The molecule has 3 aromatic rings. The highest BCUT2D eigenvalue weighted by Gasteiger charge is 2.19. The number of anilines is 2. The number of nitrogens with one attached hydrogen (secondary N) is 1. The van der Waals surface area contributed by atoms with Crippen LogP contribution in [0.4, 0.5) is 11.5 Å². The van der Waals surface area contributed by atoms with Gasteiger partial charge >= 0.3 is 0 Å². The first-order valence-electron chi connectivity index (χ1n) is 8.41. The van der Waals surface area contributed by atoms with Crippen molar-refractivity contribution in [1.82, 2.24) is 9.97 Å². The first kappa shape index (κ1) is 22.3. The predicted octanol–water partition coefficient (Wildman–Crippen LogP) is 6.46. The number of hydrogen-bond donors (Lipinski definition) is 1. The molecule has 0 fully saturated rings. The van der Waals surface area contributed by atoms with Gasteiger partial charge in [0.15, 0.2) is 22.5 Å². The van der Waals surface area contributed by atoms with Gasteiger partial charge in [-0.2, -0.15) is 5.26 Å². The average molecular weight is 482 g/mol. The number of hydrogen-bond acceptors (Lipinski definition) is 7. The summed E-state index contributed by atoms with van der Waals surface area (Å²) in [5.41, 5.74) is 1.82. The summed E-state index contributed by atoms with van der Waals surface area (Å²) in [6.07, 6.45) is 1.84. The van der Waals surface area contributed by atoms with Crippen LogP contribution in [-0.2, 0) is 0 Å². The van der Waals surface area contributed by atoms with Gasteiger partial charge in [-0.1, -0.05) is 46.6 Å². The van der Waals surface area contributed by atoms with Crippen LogP contribution in [0.3, 0.4) is 0 Å². The lowest BCUT2D eigenvalue weighted by Crippen LogP contribution is -2.04. The van der Waals surface area contributed by atoms with Crippen LogP contribution in [0.15, 0.2) is 35.5 Å². The van der Waals surface area contributed by atoms with E-state index in [-0.39, 0.29) is 5.56 Å². The highest BCUT2D eigenvalue weighted by atomic mass is 35.5. The van der Waals surface area contributed by atoms with Gasteiger partial charge in [0.05, 0.1) is 40.7 Å². The zero-order chi connectivity index (χ0) is 21.8. The Morgan fingerprint density at radius 2 is 1.67 bits per heavy atom. The molecule has 0 saturated carbocycles. The van der Waals surface area contributed by atoms with Crippen molar-refractivity contribution < 1.29 is 9.47 Å². The number of thioether (sulfide) groups is 1. The maximum Gasteiger partial charge on any atom is 0.189 e. The van der Waals surface area contributed by atoms with E-state index in [2.05, 4.69) is 21.4 Å². The summed E-state index contributed by atoms with van der Waals surface area (Å²) in [6, 6.07) is 10.6. The molecule has 0 bridgehead atoms. The van der Waals surface area contributed by atoms with Gasteiger partial charge in [-0.25, -0.2) is 9.97 Å². The van der Waals surface area contributed by atoms with Gasteiger partial charge in [-0.3, -0.25) is 0 Å². The van der Waals surface area contributed by atoms with Gasteiger partial charge in [-0.15, -0.1) is 0 Å². The molecule has 1 N–H and O–H groups in total. The van der Waals surface area contributed by atoms with E-state index in [1.54, 1.807) is 38.5 Å². The Morgan fingerprint density at radius 1 is 0.967 bits per heavy atom. The van der Waals surface area contributed by atoms with Crippen LogP contribution in [0.5, 0.6) is 11.5 Å². The van der Waals surface area contributed by atoms with E-state index in [4.69, 9.17) is 44.3 Å². The molecule has 2 aromatic carbocycles. The van der Waals surface area contributed by atoms with Crippen LogP contribution in [0, 0.1) is 11.3 Å². The number of rotatable bonds is 6. The Balaban J connectivity index is 2.17. The average Bonchev–Trinajstić information content (AvgIpc) is 2.76. The predicted molar refractivity (Wildman–Crippen MR) is 122 cm³/mol. The third-order valence-corrected chi connectivity index (χ3v) is 5.69. The number of aromatic nitrogens is 2. The molecule has 0 saturated heterocycles. The van der Waals surface area contributed by atoms with Crippen molar-refractivity contribution in [1.29, 1.82) is 5.26 Å². The summed E-state index contributed by atoms with van der Waals surface area (Å²) in [5, 5.41) is 14.4. The van der Waals surface area contributed by atoms with Crippen LogP contribution in [0.1, 0.15) is 5.56 Å². The fourth-order valence-electron chi connectivity index (χ4n) is 2.67. The third kappa shape index (κ3) is 4.52. The quantitative estimate of drug-likeness (QED) is 0.246. The van der Waals surface area contributed by atoms with Crippen molar-refractivity contribution in [3.8, 4) is 28.8 Å². The zero-order valence-electron chi connectivity index (χ0n) is 16.1. The SMILES string of the molecule is COc1ccc(-c2nc(SC)nc(Nc3cc(Cl)c(Cl)cc3Cl)c2C#N)cc1OC. The Hall–Kier alpha value is -2.37. The summed E-state index contributed by atoms with van der Waals surface area (Å²) in [5.74, 6) is 1.38. The van der Waals surface area contributed by atoms with Crippen LogP contribution >= 0.6 is 46.6 Å². The molecule has 0 unspecified atom stereocenters. The molecule has 10 heteroatoms. The first-order chi connectivity index (χ1) is 14.4. The molecule has 3 rings (SSSR count). The normalized spacial score (nSPS) is 10.4. The lowest BCUT2D eigenvalue weighted by molar-refractivity contribution is 0.355. The van der Waals surface area contributed by atoms with E-state index >= 15 is 0 Å². The molecule has 0 amide bonds. The molecule has 0 spiro atoms. The van der Waals surface area contributed by atoms with Gasteiger partial charge in [0.25, 0.3) is 0 Å². The minimum atomic E-state index is 0.238. The van der Waals surface area contributed by atoms with Crippen molar-refractivity contribution in [3.05, 3.63) is 51.0 Å². The Morgan fingerprint density at radius 3 is 2.30 bits per heavy atom. The molecule has 0 aliphatic rings. The molecule has 154 valence electrons. The Kier molecular flexibility index (Phi) is 7.16. The van der Waals surface area contributed by atoms with E-state index in [1.807, 2.05) is 6.26 Å². The van der Waals surface area contributed by atoms with Gasteiger partial charge in [0.1, 0.15) is 11.6 Å². The molecular formula is C20H15Cl3N4O2S. The monoisotopic (exact) mass is 480 g/mol. The number of methoxy groups -OCH3 is 2. The van der Waals surface area contributed by atoms with Crippen molar-refractivity contribution >= 4 is 58.1 Å². The van der Waals surface area contributed by atoms with Gasteiger partial charge in [0, 0.05) is 5.56 Å². The zero-order valence-corrected chi connectivity index (χ0v) is 19.2. The number of halogens is 3. The topological polar surface area (TPSA) is 80.1 Å². The molecular weight excluding hydrogens is 467 g/mol. The minimum absolute atomic E-state index is 0.238. The maximum absolute atomic E-state index is 9.88. The molecule has 0 atom stereocenters. The van der Waals surface area contributed by atoms with E-state index in [0.717, 1.165) is 0 Å². The third-order valence-electron chi connectivity index (χ3n) is 4.10. The van der Waals surface area contributed by atoms with E-state index in [9.17, 15) is 5.26 Å². The largest absolute Gasteiger partial charge is 0.493 e. The molecule has 1 heterocycles. The summed E-state index contributed by atoms with van der Waals surface area (Å²) < 4.78 is 10.7. The molecule has 0 aliphatic heterocycles. The fraction of sp³-hybridized carbons (Fsp3) is 0.150. The van der Waals surface area contributed by atoms with Crippen LogP contribution in [0.25, 0.3) is 11.3 Å². The highest BCUT2D eigenvalue weighted by molar-refractivity contribution is 7.98. The Labute approximate surface area is 193 Å². The second-order valence-electron chi connectivity index (χ2n) is 5.84. The summed E-state index contributed by atoms with van der Waals surface area (Å²) in [4.78, 5) is 8.97. The lowest BCUT2D eigenvalue weighted by atomic mass is 10.1. The molecule has 6 nitrogen and oxygen atoms in total. The van der Waals surface area contributed by atoms with Gasteiger partial charge in [0.2, 0.25) is 0 Å². The lowest BCUT2D eigenvalue weighted by Gasteiger charge is -2.15. The number of ether oxygens (including phenoxy) is 2. The molecule has 30 heavy (non-hydrogen) atoms. The van der Waals surface area contributed by atoms with Crippen molar-refractivity contribution in [2.75, 3.05) is 25.8 Å². The van der Waals surface area contributed by atoms with Gasteiger partial charge in [-0.05, 0) is 36.6 Å². The number of nitriles is 1. The summed E-state index contributed by atoms with van der Waals surface area (Å²) in [6.45, 7) is 0. The van der Waals surface area contributed by atoms with E-state index < -0.39 is 0 Å². The van der Waals surface area contributed by atoms with Crippen LogP contribution in [-0.4, -0.2) is 30.4 Å². The number of benzene rings is 2. The van der Waals surface area contributed by atoms with Crippen molar-refractivity contribution in [2.45, 2.75) is 5.16 Å². The summed E-state index contributed by atoms with van der Waals surface area (Å²) >= 11 is 19.7. The Bertz CT molecular complexity index is 1150. The van der Waals surface area contributed by atoms with E-state index in [1.165, 1.54) is 17.8 Å². The molecule has 1 aromatic heterocycles. The molecule has 0 aliphatic carbocycles. The maximum atomic E-state index is 9.88. The van der Waals surface area contributed by atoms with Crippen LogP contribution < -0.4 is 14.8 Å². The molecule has 0 radical (unpaired) electrons. The fourth-order valence-corrected chi connectivity index (χ4v) is 3.63. The van der Waals surface area contributed by atoms with Crippen molar-refractivity contribution in [3.63, 3.8) is 0 Å².